The summed E-state index contributed by atoms with van der Waals surface area (Å²) >= 11 is 6.50. The summed E-state index contributed by atoms with van der Waals surface area (Å²) in [6, 6.07) is 14.3. The first kappa shape index (κ1) is 46.1. The number of aryl methyl sites for hydroxylation is 1. The van der Waals surface area contributed by atoms with E-state index < -0.39 is 44.8 Å². The van der Waals surface area contributed by atoms with Crippen LogP contribution >= 0.6 is 11.6 Å². The molecule has 18 heteroatoms. The van der Waals surface area contributed by atoms with Crippen LogP contribution in [-0.4, -0.2) is 101 Å². The molecule has 4 amide bonds. The van der Waals surface area contributed by atoms with Gasteiger partial charge in [0, 0.05) is 12.8 Å². The number of aromatic nitrogens is 2. The molecule has 1 atom stereocenters. The predicted molar refractivity (Wildman–Crippen MR) is 241 cm³/mol. The molecule has 338 valence electrons. The summed E-state index contributed by atoms with van der Waals surface area (Å²) in [7, 11) is -3.60. The van der Waals surface area contributed by atoms with E-state index in [1.54, 1.807) is 50.2 Å². The number of rotatable bonds is 17. The molecule has 3 aromatic carbocycles. The number of sulfone groups is 1. The second kappa shape index (κ2) is 19.5. The number of hydrogen-bond donors (Lipinski definition) is 3. The predicted octanol–water partition coefficient (Wildman–Crippen LogP) is 6.90. The van der Waals surface area contributed by atoms with Gasteiger partial charge < -0.3 is 20.1 Å². The molecule has 7 rings (SSSR count). The van der Waals surface area contributed by atoms with Crippen LogP contribution in [0.4, 0.5) is 23.1 Å². The zero-order valence-electron chi connectivity index (χ0n) is 36.4. The van der Waals surface area contributed by atoms with Gasteiger partial charge in [-0.05, 0) is 127 Å². The number of para-hydroxylation sites is 1. The number of likely N-dealkylation sites (tertiary alicyclic amines) is 1. The molecule has 0 aliphatic carbocycles. The van der Waals surface area contributed by atoms with E-state index in [0.29, 0.717) is 30.1 Å². The lowest BCUT2D eigenvalue weighted by Crippen LogP contribution is -2.54. The van der Waals surface area contributed by atoms with Crippen molar-refractivity contribution in [2.45, 2.75) is 101 Å². The Labute approximate surface area is 377 Å². The van der Waals surface area contributed by atoms with Crippen molar-refractivity contribution >= 4 is 74.0 Å². The summed E-state index contributed by atoms with van der Waals surface area (Å²) in [5, 5.41) is 8.16. The van der Waals surface area contributed by atoms with E-state index in [-0.39, 0.29) is 82.2 Å². The molecule has 3 aliphatic heterocycles. The van der Waals surface area contributed by atoms with Gasteiger partial charge in [0.2, 0.25) is 17.8 Å². The highest BCUT2D eigenvalue weighted by atomic mass is 35.5. The van der Waals surface area contributed by atoms with Crippen LogP contribution < -0.4 is 25.4 Å². The number of halogens is 1. The molecule has 3 N–H and O–H groups in total. The molecule has 0 radical (unpaired) electrons. The Morgan fingerprint density at radius 3 is 2.41 bits per heavy atom. The maximum Gasteiger partial charge on any atom is 0.266 e. The lowest BCUT2D eigenvalue weighted by Gasteiger charge is -2.33. The number of hydrogen-bond acceptors (Lipinski definition) is 14. The number of ketones is 1. The zero-order chi connectivity index (χ0) is 45.9. The topological polar surface area (TPSA) is 206 Å². The number of nitrogens with zero attached hydrogens (tertiary/aromatic N) is 4. The zero-order valence-corrected chi connectivity index (χ0v) is 38.0. The normalized spacial score (nSPS) is 17.2. The summed E-state index contributed by atoms with van der Waals surface area (Å²) in [5.41, 5.74) is 3.42. The van der Waals surface area contributed by atoms with Crippen LogP contribution in [0.3, 0.4) is 0 Å². The number of ether oxygens (including phenoxy) is 2. The summed E-state index contributed by atoms with van der Waals surface area (Å²) in [4.78, 5) is 75.9. The first-order valence-corrected chi connectivity index (χ1v) is 23.4. The lowest BCUT2D eigenvalue weighted by atomic mass is 9.86. The van der Waals surface area contributed by atoms with Gasteiger partial charge in [-0.3, -0.25) is 39.1 Å². The van der Waals surface area contributed by atoms with Crippen molar-refractivity contribution in [1.82, 2.24) is 25.1 Å². The molecule has 1 aromatic heterocycles. The lowest BCUT2D eigenvalue weighted by molar-refractivity contribution is -0.136. The summed E-state index contributed by atoms with van der Waals surface area (Å²) in [6.07, 6.45) is 3.77. The second-order valence-corrected chi connectivity index (χ2v) is 19.6. The van der Waals surface area contributed by atoms with Crippen LogP contribution in [0.5, 0.6) is 11.5 Å². The maximum atomic E-state index is 13.4. The first-order valence-electron chi connectivity index (χ1n) is 21.4. The van der Waals surface area contributed by atoms with E-state index in [2.05, 4.69) is 36.9 Å². The number of carbonyl (C=O) groups excluding carboxylic acids is 5. The van der Waals surface area contributed by atoms with E-state index in [1.165, 1.54) is 12.3 Å². The number of Topliss-reactive ketones (excluding diaryl/α,β-unsaturated/α-hetero) is 1. The average molecular weight is 914 g/mol. The standard InChI is InChI=1S/C46H52ClN7O9S/c1-26(2)63-38-23-32(28(5)22-35(38)50-46-48-24-33(47)42(52-46)49-34-12-6-7-14-39(34)64(60,61)27(3)4)29-17-19-53(20-18-29)25-30(55)10-9-21-62-37-13-8-11-31-41(37)45(59)54(44(31)58)36-15-16-40(56)51-43(36)57/h6-8,11-14,22-24,26-27,29,36H,9-10,15-21,25H2,1-5H3,(H,51,56,57)(H2,48,49,50,52). The minimum atomic E-state index is -3.60. The highest BCUT2D eigenvalue weighted by molar-refractivity contribution is 7.92. The summed E-state index contributed by atoms with van der Waals surface area (Å²) in [6.45, 7) is 11.1. The highest BCUT2D eigenvalue weighted by Crippen LogP contribution is 2.39. The molecular formula is C46H52ClN7O9S. The molecule has 0 bridgehead atoms. The first-order chi connectivity index (χ1) is 30.5. The second-order valence-electron chi connectivity index (χ2n) is 16.8. The van der Waals surface area contributed by atoms with Gasteiger partial charge in [-0.15, -0.1) is 0 Å². The molecule has 4 aromatic rings. The highest BCUT2D eigenvalue weighted by Gasteiger charge is 2.46. The van der Waals surface area contributed by atoms with Crippen molar-refractivity contribution in [2.75, 3.05) is 36.9 Å². The Morgan fingerprint density at radius 2 is 1.69 bits per heavy atom. The van der Waals surface area contributed by atoms with E-state index in [9.17, 15) is 32.4 Å². The van der Waals surface area contributed by atoms with Gasteiger partial charge in [0.15, 0.2) is 15.7 Å². The molecule has 1 unspecified atom stereocenters. The number of piperidine rings is 2. The van der Waals surface area contributed by atoms with Crippen molar-refractivity contribution in [1.29, 1.82) is 0 Å². The van der Waals surface area contributed by atoms with Crippen LogP contribution in [0, 0.1) is 6.92 Å². The summed E-state index contributed by atoms with van der Waals surface area (Å²) in [5.74, 6) is -0.769. The fourth-order valence-electron chi connectivity index (χ4n) is 8.21. The van der Waals surface area contributed by atoms with Gasteiger partial charge in [0.1, 0.15) is 28.3 Å². The minimum Gasteiger partial charge on any atom is -0.493 e. The van der Waals surface area contributed by atoms with Gasteiger partial charge in [-0.1, -0.05) is 29.8 Å². The van der Waals surface area contributed by atoms with E-state index in [0.717, 1.165) is 42.0 Å². The van der Waals surface area contributed by atoms with Gasteiger partial charge in [-0.25, -0.2) is 13.4 Å². The molecule has 0 saturated carbocycles. The third-order valence-electron chi connectivity index (χ3n) is 11.5. The molecule has 3 aliphatic rings. The van der Waals surface area contributed by atoms with Gasteiger partial charge in [0.25, 0.3) is 11.8 Å². The molecular weight excluding hydrogens is 862 g/mol. The molecule has 16 nitrogen and oxygen atoms in total. The van der Waals surface area contributed by atoms with Crippen LogP contribution in [0.2, 0.25) is 5.02 Å². The molecule has 64 heavy (non-hydrogen) atoms. The van der Waals surface area contributed by atoms with Crippen LogP contribution in [0.1, 0.15) is 104 Å². The molecule has 0 spiro atoms. The Balaban J connectivity index is 0.930. The largest absolute Gasteiger partial charge is 0.493 e. The smallest absolute Gasteiger partial charge is 0.266 e. The monoisotopic (exact) mass is 913 g/mol. The SMILES string of the molecule is Cc1cc(Nc2ncc(Cl)c(Nc3ccccc3S(=O)(=O)C(C)C)n2)c(OC(C)C)cc1C1CCN(CC(=O)CCCOc2cccc3c2C(=O)N(C2CCC(=O)NC2=O)C3=O)CC1. The van der Waals surface area contributed by atoms with E-state index in [4.69, 9.17) is 21.1 Å². The van der Waals surface area contributed by atoms with Crippen molar-refractivity contribution in [3.05, 3.63) is 88.1 Å². The van der Waals surface area contributed by atoms with Crippen LogP contribution in [0.15, 0.2) is 65.7 Å². The number of anilines is 4. The number of imide groups is 2. The minimum absolute atomic E-state index is 0.0278. The van der Waals surface area contributed by atoms with Gasteiger partial charge in [-0.2, -0.15) is 4.98 Å². The third-order valence-corrected chi connectivity index (χ3v) is 14.0. The molecule has 2 fully saturated rings. The van der Waals surface area contributed by atoms with Crippen molar-refractivity contribution in [3.8, 4) is 11.5 Å². The number of benzene rings is 3. The Bertz CT molecular complexity index is 2600. The van der Waals surface area contributed by atoms with Crippen molar-refractivity contribution in [3.63, 3.8) is 0 Å². The van der Waals surface area contributed by atoms with Crippen molar-refractivity contribution in [2.24, 2.45) is 0 Å². The molecule has 4 heterocycles. The van der Waals surface area contributed by atoms with Gasteiger partial charge in [0.05, 0.1) is 58.1 Å². The third kappa shape index (κ3) is 10.1. The van der Waals surface area contributed by atoms with Crippen LogP contribution in [-0.2, 0) is 24.2 Å². The molecule has 2 saturated heterocycles. The Kier molecular flexibility index (Phi) is 14.0. The Morgan fingerprint density at radius 1 is 0.938 bits per heavy atom. The number of nitrogens with one attached hydrogen (secondary N) is 3. The number of fused-ring (bicyclic) bond motifs is 1. The van der Waals surface area contributed by atoms with E-state index >= 15 is 0 Å². The number of amides is 4. The van der Waals surface area contributed by atoms with E-state index in [1.807, 2.05) is 26.8 Å². The fraction of sp³-hybridized carbons (Fsp3) is 0.413. The maximum absolute atomic E-state index is 13.4. The quantitative estimate of drug-likeness (QED) is 0.0728. The van der Waals surface area contributed by atoms with Crippen LogP contribution in [0.25, 0.3) is 0 Å². The number of carbonyl (C=O) groups is 5. The summed E-state index contributed by atoms with van der Waals surface area (Å²) < 4.78 is 38.4. The van der Waals surface area contributed by atoms with Gasteiger partial charge >= 0.3 is 0 Å². The van der Waals surface area contributed by atoms with Crippen molar-refractivity contribution < 1.29 is 41.9 Å². The Hall–Kier alpha value is -5.91. The fourth-order valence-corrected chi connectivity index (χ4v) is 9.55. The average Bonchev–Trinajstić information content (AvgIpc) is 3.50.